The quantitative estimate of drug-likeness (QED) is 0.228. The molecule has 1 aliphatic heterocycles. The monoisotopic (exact) mass is 590 g/mol. The van der Waals surface area contributed by atoms with Gasteiger partial charge in [-0.15, -0.1) is 6.58 Å². The van der Waals surface area contributed by atoms with Crippen LogP contribution in [-0.4, -0.2) is 71.8 Å². The highest BCUT2D eigenvalue weighted by atomic mass is 16.6. The van der Waals surface area contributed by atoms with Gasteiger partial charge in [0.05, 0.1) is 6.04 Å². The third-order valence-corrected chi connectivity index (χ3v) is 8.38. The van der Waals surface area contributed by atoms with Crippen LogP contribution in [0.2, 0.25) is 0 Å². The summed E-state index contributed by atoms with van der Waals surface area (Å²) in [5.74, 6) is -1.94. The SMILES string of the molecule is C=CCNC(=O)C(=O)C(CCC)NC(=O)[C@@H]1CCCN1C(=O)C(NC(=O)OC1CCC[C@@H]1C)C1CCCCC1.CCC. The molecule has 10 heteroatoms. The molecule has 0 bridgehead atoms. The van der Waals surface area contributed by atoms with E-state index in [0.717, 1.165) is 51.4 Å². The minimum absolute atomic E-state index is 0.0212. The van der Waals surface area contributed by atoms with Crippen LogP contribution < -0.4 is 16.0 Å². The number of carbonyl (C=O) groups is 5. The van der Waals surface area contributed by atoms with Crippen LogP contribution in [0.25, 0.3) is 0 Å². The lowest BCUT2D eigenvalue weighted by Crippen LogP contribution is -2.58. The molecule has 3 fully saturated rings. The Balaban J connectivity index is 0.00000197. The second kappa shape index (κ2) is 18.6. The largest absolute Gasteiger partial charge is 0.446 e. The molecule has 2 saturated carbocycles. The van der Waals surface area contributed by atoms with E-state index in [1.165, 1.54) is 12.5 Å². The number of likely N-dealkylation sites (tertiary alicyclic amines) is 1. The molecule has 42 heavy (non-hydrogen) atoms. The van der Waals surface area contributed by atoms with Gasteiger partial charge < -0.3 is 25.6 Å². The van der Waals surface area contributed by atoms with Gasteiger partial charge in [0.15, 0.2) is 0 Å². The van der Waals surface area contributed by atoms with Gasteiger partial charge in [-0.3, -0.25) is 19.2 Å². The number of carbonyl (C=O) groups excluding carboxylic acids is 5. The molecular formula is C32H54N4O6. The van der Waals surface area contributed by atoms with Crippen molar-refractivity contribution in [3.63, 3.8) is 0 Å². The van der Waals surface area contributed by atoms with E-state index in [0.29, 0.717) is 38.1 Å². The average molecular weight is 591 g/mol. The molecular weight excluding hydrogens is 536 g/mol. The summed E-state index contributed by atoms with van der Waals surface area (Å²) in [6.07, 6.45) is 11.6. The Kier molecular flexibility index (Phi) is 15.6. The highest BCUT2D eigenvalue weighted by Gasteiger charge is 2.42. The summed E-state index contributed by atoms with van der Waals surface area (Å²) < 4.78 is 5.71. The lowest BCUT2D eigenvalue weighted by atomic mass is 9.83. The van der Waals surface area contributed by atoms with Gasteiger partial charge in [0.25, 0.3) is 5.91 Å². The lowest BCUT2D eigenvalue weighted by Gasteiger charge is -2.35. The number of amides is 4. The second-order valence-corrected chi connectivity index (χ2v) is 12.0. The fourth-order valence-corrected chi connectivity index (χ4v) is 6.15. The van der Waals surface area contributed by atoms with Gasteiger partial charge in [-0.05, 0) is 63.2 Å². The van der Waals surface area contributed by atoms with Gasteiger partial charge in [-0.25, -0.2) is 4.79 Å². The average Bonchev–Trinajstić information content (AvgIpc) is 3.64. The Labute approximate surface area is 252 Å². The first-order valence-corrected chi connectivity index (χ1v) is 16.2. The van der Waals surface area contributed by atoms with Crippen molar-refractivity contribution in [2.45, 2.75) is 135 Å². The van der Waals surface area contributed by atoms with Crippen LogP contribution in [0, 0.1) is 11.8 Å². The summed E-state index contributed by atoms with van der Waals surface area (Å²) in [6.45, 7) is 12.3. The van der Waals surface area contributed by atoms with Crippen molar-refractivity contribution in [2.75, 3.05) is 13.1 Å². The highest BCUT2D eigenvalue weighted by Crippen LogP contribution is 2.31. The van der Waals surface area contributed by atoms with E-state index < -0.39 is 41.8 Å². The molecule has 0 spiro atoms. The van der Waals surface area contributed by atoms with Crippen LogP contribution in [0.1, 0.15) is 111 Å². The fraction of sp³-hybridized carbons (Fsp3) is 0.781. The number of rotatable bonds is 12. The van der Waals surface area contributed by atoms with Gasteiger partial charge in [-0.1, -0.05) is 65.9 Å². The zero-order valence-electron chi connectivity index (χ0n) is 26.3. The highest BCUT2D eigenvalue weighted by molar-refractivity contribution is 6.38. The summed E-state index contributed by atoms with van der Waals surface area (Å²) in [5.41, 5.74) is 0. The number of nitrogens with zero attached hydrogens (tertiary/aromatic N) is 1. The molecule has 3 N–H and O–H groups in total. The Bertz CT molecular complexity index is 919. The lowest BCUT2D eigenvalue weighted by molar-refractivity contribution is -0.143. The molecule has 0 aromatic rings. The summed E-state index contributed by atoms with van der Waals surface area (Å²) in [5, 5.41) is 8.08. The van der Waals surface area contributed by atoms with Crippen molar-refractivity contribution in [1.82, 2.24) is 20.9 Å². The van der Waals surface area contributed by atoms with Crippen molar-refractivity contribution in [3.8, 4) is 0 Å². The Morgan fingerprint density at radius 1 is 0.929 bits per heavy atom. The number of ether oxygens (including phenoxy) is 1. The zero-order valence-corrected chi connectivity index (χ0v) is 26.3. The topological polar surface area (TPSA) is 134 Å². The van der Waals surface area contributed by atoms with E-state index in [1.807, 2.05) is 6.92 Å². The predicted octanol–water partition coefficient (Wildman–Crippen LogP) is 4.41. The maximum atomic E-state index is 13.9. The van der Waals surface area contributed by atoms with Crippen molar-refractivity contribution >= 4 is 29.6 Å². The normalized spacial score (nSPS) is 23.5. The van der Waals surface area contributed by atoms with Gasteiger partial charge in [0, 0.05) is 13.1 Å². The first kappa shape index (κ1) is 35.3. The summed E-state index contributed by atoms with van der Waals surface area (Å²) in [4.78, 5) is 66.6. The van der Waals surface area contributed by atoms with Crippen LogP contribution in [0.3, 0.4) is 0 Å². The number of hydrogen-bond acceptors (Lipinski definition) is 6. The summed E-state index contributed by atoms with van der Waals surface area (Å²) in [6, 6.07) is -2.50. The first-order valence-electron chi connectivity index (χ1n) is 16.2. The summed E-state index contributed by atoms with van der Waals surface area (Å²) in [7, 11) is 0. The first-order chi connectivity index (χ1) is 20.2. The van der Waals surface area contributed by atoms with Crippen molar-refractivity contribution in [1.29, 1.82) is 0 Å². The van der Waals surface area contributed by atoms with E-state index in [4.69, 9.17) is 4.74 Å². The number of Topliss-reactive ketones (excluding diaryl/α,β-unsaturated/α-hetero) is 1. The van der Waals surface area contributed by atoms with Crippen molar-refractivity contribution in [3.05, 3.63) is 12.7 Å². The van der Waals surface area contributed by atoms with Gasteiger partial charge in [0.2, 0.25) is 17.6 Å². The van der Waals surface area contributed by atoms with Crippen LogP contribution in [0.4, 0.5) is 4.79 Å². The Morgan fingerprint density at radius 3 is 2.21 bits per heavy atom. The predicted molar refractivity (Wildman–Crippen MR) is 163 cm³/mol. The summed E-state index contributed by atoms with van der Waals surface area (Å²) >= 11 is 0. The number of alkyl carbamates (subject to hydrolysis) is 1. The van der Waals surface area contributed by atoms with Crippen LogP contribution in [-0.2, 0) is 23.9 Å². The van der Waals surface area contributed by atoms with Crippen molar-refractivity contribution in [2.24, 2.45) is 11.8 Å². The Hall–Kier alpha value is -2.91. The molecule has 3 unspecified atom stereocenters. The minimum atomic E-state index is -0.972. The molecule has 238 valence electrons. The van der Waals surface area contributed by atoms with E-state index in [1.54, 1.807) is 4.90 Å². The Morgan fingerprint density at radius 2 is 1.62 bits per heavy atom. The van der Waals surface area contributed by atoms with E-state index in [2.05, 4.69) is 43.3 Å². The van der Waals surface area contributed by atoms with E-state index >= 15 is 0 Å². The molecule has 1 saturated heterocycles. The number of ketones is 1. The maximum Gasteiger partial charge on any atom is 0.408 e. The fourth-order valence-electron chi connectivity index (χ4n) is 6.15. The molecule has 0 radical (unpaired) electrons. The number of hydrogen-bond donors (Lipinski definition) is 3. The van der Waals surface area contributed by atoms with Gasteiger partial charge in [0.1, 0.15) is 18.2 Å². The molecule has 0 aromatic carbocycles. The molecule has 1 heterocycles. The van der Waals surface area contributed by atoms with Crippen LogP contribution in [0.5, 0.6) is 0 Å². The molecule has 3 rings (SSSR count). The molecule has 10 nitrogen and oxygen atoms in total. The molecule has 2 aliphatic carbocycles. The zero-order chi connectivity index (χ0) is 31.1. The third-order valence-electron chi connectivity index (χ3n) is 8.38. The maximum absolute atomic E-state index is 13.9. The molecule has 4 amide bonds. The second-order valence-electron chi connectivity index (χ2n) is 12.0. The third kappa shape index (κ3) is 10.4. The van der Waals surface area contributed by atoms with Gasteiger partial charge >= 0.3 is 6.09 Å². The molecule has 3 aliphatic rings. The molecule has 0 aromatic heterocycles. The van der Waals surface area contributed by atoms with Crippen LogP contribution in [0.15, 0.2) is 12.7 Å². The smallest absolute Gasteiger partial charge is 0.408 e. The van der Waals surface area contributed by atoms with Gasteiger partial charge in [-0.2, -0.15) is 0 Å². The van der Waals surface area contributed by atoms with E-state index in [-0.39, 0.29) is 24.5 Å². The minimum Gasteiger partial charge on any atom is -0.446 e. The number of nitrogens with one attached hydrogen (secondary N) is 3. The van der Waals surface area contributed by atoms with Crippen LogP contribution >= 0.6 is 0 Å². The standard InChI is InChI=1S/C29H46N4O6.C3H8/c1-4-11-21(25(34)27(36)30-17-5-2)31-26(35)22-15-10-18-33(22)28(37)24(20-13-7-6-8-14-20)32-29(38)39-23-16-9-12-19(23)3;1-3-2/h5,19-24H,2,4,6-18H2,1,3H3,(H,30,36)(H,31,35)(H,32,38);3H2,1-2H3/t19-,21?,22-,23?,24?;/m0./s1. The molecule has 5 atom stereocenters. The van der Waals surface area contributed by atoms with Crippen molar-refractivity contribution < 1.29 is 28.7 Å². The van der Waals surface area contributed by atoms with E-state index in [9.17, 15) is 24.0 Å².